The molecule has 0 saturated heterocycles. The van der Waals surface area contributed by atoms with E-state index in [-0.39, 0.29) is 0 Å². The first-order valence-corrected chi connectivity index (χ1v) is 4.31. The molecule has 1 heterocycles. The SMILES string of the molecule is COc1cc(N)ccc1C1=CNCO1. The summed E-state index contributed by atoms with van der Waals surface area (Å²) in [6, 6.07) is 5.48. The lowest BCUT2D eigenvalue weighted by atomic mass is 10.1. The predicted octanol–water partition coefficient (Wildman–Crippen LogP) is 1.15. The minimum atomic E-state index is 0.503. The Labute approximate surface area is 82.3 Å². The van der Waals surface area contributed by atoms with Crippen molar-refractivity contribution in [1.29, 1.82) is 0 Å². The summed E-state index contributed by atoms with van der Waals surface area (Å²) in [5.74, 6) is 1.50. The Balaban J connectivity index is 2.41. The van der Waals surface area contributed by atoms with E-state index in [1.54, 1.807) is 13.2 Å². The van der Waals surface area contributed by atoms with Gasteiger partial charge in [-0.2, -0.15) is 0 Å². The van der Waals surface area contributed by atoms with Crippen molar-refractivity contribution in [2.24, 2.45) is 0 Å². The van der Waals surface area contributed by atoms with E-state index in [0.29, 0.717) is 12.4 Å². The van der Waals surface area contributed by atoms with Gasteiger partial charge in [-0.3, -0.25) is 0 Å². The molecule has 0 radical (unpaired) electrons. The maximum atomic E-state index is 5.65. The van der Waals surface area contributed by atoms with Crippen LogP contribution in [0.4, 0.5) is 5.69 Å². The lowest BCUT2D eigenvalue weighted by molar-refractivity contribution is 0.289. The van der Waals surface area contributed by atoms with E-state index in [1.165, 1.54) is 0 Å². The smallest absolute Gasteiger partial charge is 0.158 e. The van der Waals surface area contributed by atoms with Gasteiger partial charge in [0, 0.05) is 18.0 Å². The number of methoxy groups -OCH3 is 1. The largest absolute Gasteiger partial charge is 0.496 e. The summed E-state index contributed by atoms with van der Waals surface area (Å²) in [4.78, 5) is 0. The van der Waals surface area contributed by atoms with Crippen LogP contribution in [0.3, 0.4) is 0 Å². The molecule has 3 N–H and O–H groups in total. The number of nitrogen functional groups attached to an aromatic ring is 1. The second-order valence-corrected chi connectivity index (χ2v) is 2.96. The van der Waals surface area contributed by atoms with Gasteiger partial charge in [0.1, 0.15) is 11.5 Å². The summed E-state index contributed by atoms with van der Waals surface area (Å²) in [6.07, 6.45) is 1.81. The Morgan fingerprint density at radius 2 is 2.36 bits per heavy atom. The van der Waals surface area contributed by atoms with E-state index in [4.69, 9.17) is 15.2 Å². The number of nitrogens with one attached hydrogen (secondary N) is 1. The molecule has 1 aliphatic rings. The Morgan fingerprint density at radius 3 is 3.00 bits per heavy atom. The third kappa shape index (κ3) is 1.46. The molecule has 0 fully saturated rings. The van der Waals surface area contributed by atoms with Crippen molar-refractivity contribution >= 4 is 11.4 Å². The molecule has 0 aliphatic carbocycles. The van der Waals surface area contributed by atoms with E-state index < -0.39 is 0 Å². The zero-order chi connectivity index (χ0) is 9.97. The molecule has 0 bridgehead atoms. The third-order valence-electron chi connectivity index (χ3n) is 2.04. The molecular formula is C10H12N2O2. The van der Waals surface area contributed by atoms with Gasteiger partial charge in [0.05, 0.1) is 12.7 Å². The molecule has 1 aliphatic heterocycles. The molecule has 4 heteroatoms. The molecule has 0 unspecified atom stereocenters. The Bertz CT molecular complexity index is 374. The van der Waals surface area contributed by atoms with Crippen LogP contribution < -0.4 is 15.8 Å². The number of nitrogens with two attached hydrogens (primary N) is 1. The summed E-state index contributed by atoms with van der Waals surface area (Å²) in [5, 5.41) is 2.97. The molecule has 1 aromatic carbocycles. The highest BCUT2D eigenvalue weighted by atomic mass is 16.5. The fourth-order valence-corrected chi connectivity index (χ4v) is 1.36. The van der Waals surface area contributed by atoms with Crippen molar-refractivity contribution < 1.29 is 9.47 Å². The average molecular weight is 192 g/mol. The highest BCUT2D eigenvalue weighted by Crippen LogP contribution is 2.29. The maximum absolute atomic E-state index is 5.65. The van der Waals surface area contributed by atoms with E-state index in [1.807, 2.05) is 18.3 Å². The first-order chi connectivity index (χ1) is 6.81. The number of benzene rings is 1. The van der Waals surface area contributed by atoms with Crippen molar-refractivity contribution in [3.05, 3.63) is 30.0 Å². The van der Waals surface area contributed by atoms with Crippen LogP contribution in [0, 0.1) is 0 Å². The van der Waals surface area contributed by atoms with Gasteiger partial charge in [-0.25, -0.2) is 0 Å². The van der Waals surface area contributed by atoms with E-state index >= 15 is 0 Å². The van der Waals surface area contributed by atoms with Crippen LogP contribution in [0.5, 0.6) is 5.75 Å². The van der Waals surface area contributed by atoms with E-state index in [2.05, 4.69) is 5.32 Å². The summed E-state index contributed by atoms with van der Waals surface area (Å²) < 4.78 is 10.6. The average Bonchev–Trinajstić information content (AvgIpc) is 2.70. The van der Waals surface area contributed by atoms with Gasteiger partial charge in [-0.05, 0) is 12.1 Å². The van der Waals surface area contributed by atoms with Crippen LogP contribution in [0.1, 0.15) is 5.56 Å². The highest BCUT2D eigenvalue weighted by molar-refractivity contribution is 5.68. The van der Waals surface area contributed by atoms with Gasteiger partial charge in [-0.1, -0.05) is 0 Å². The second kappa shape index (κ2) is 3.49. The van der Waals surface area contributed by atoms with Gasteiger partial charge < -0.3 is 20.5 Å². The molecular weight excluding hydrogens is 180 g/mol. The molecule has 0 amide bonds. The maximum Gasteiger partial charge on any atom is 0.158 e. The molecule has 14 heavy (non-hydrogen) atoms. The molecule has 0 saturated carbocycles. The lowest BCUT2D eigenvalue weighted by Gasteiger charge is -2.09. The first-order valence-electron chi connectivity index (χ1n) is 4.31. The van der Waals surface area contributed by atoms with Crippen molar-refractivity contribution in [3.8, 4) is 5.75 Å². The fraction of sp³-hybridized carbons (Fsp3) is 0.200. The minimum absolute atomic E-state index is 0.503. The van der Waals surface area contributed by atoms with Crippen LogP contribution in [0.15, 0.2) is 24.4 Å². The Hall–Kier alpha value is -1.84. The van der Waals surface area contributed by atoms with Crippen molar-refractivity contribution in [3.63, 3.8) is 0 Å². The fourth-order valence-electron chi connectivity index (χ4n) is 1.36. The topological polar surface area (TPSA) is 56.5 Å². The summed E-state index contributed by atoms with van der Waals surface area (Å²) in [5.41, 5.74) is 7.23. The highest BCUT2D eigenvalue weighted by Gasteiger charge is 2.13. The van der Waals surface area contributed by atoms with Gasteiger partial charge in [0.25, 0.3) is 0 Å². The number of rotatable bonds is 2. The van der Waals surface area contributed by atoms with Crippen molar-refractivity contribution in [1.82, 2.24) is 5.32 Å². The second-order valence-electron chi connectivity index (χ2n) is 2.96. The van der Waals surface area contributed by atoms with E-state index in [0.717, 1.165) is 17.1 Å². The normalized spacial score (nSPS) is 14.2. The van der Waals surface area contributed by atoms with Gasteiger partial charge in [0.15, 0.2) is 6.73 Å². The molecule has 4 nitrogen and oxygen atoms in total. The predicted molar refractivity (Wildman–Crippen MR) is 54.5 cm³/mol. The molecule has 0 spiro atoms. The zero-order valence-electron chi connectivity index (χ0n) is 7.91. The zero-order valence-corrected chi connectivity index (χ0v) is 7.91. The number of anilines is 1. The van der Waals surface area contributed by atoms with Gasteiger partial charge in [-0.15, -0.1) is 0 Å². The van der Waals surface area contributed by atoms with Gasteiger partial charge >= 0.3 is 0 Å². The van der Waals surface area contributed by atoms with Crippen molar-refractivity contribution in [2.45, 2.75) is 0 Å². The summed E-state index contributed by atoms with van der Waals surface area (Å²) >= 11 is 0. The van der Waals surface area contributed by atoms with Crippen LogP contribution in [0.25, 0.3) is 5.76 Å². The summed E-state index contributed by atoms with van der Waals surface area (Å²) in [6.45, 7) is 0.503. The van der Waals surface area contributed by atoms with Crippen LogP contribution in [-0.4, -0.2) is 13.8 Å². The standard InChI is InChI=1S/C10H12N2O2/c1-13-9-4-7(11)2-3-8(9)10-5-12-6-14-10/h2-5,12H,6,11H2,1H3. The molecule has 74 valence electrons. The minimum Gasteiger partial charge on any atom is -0.496 e. The Morgan fingerprint density at radius 1 is 1.50 bits per heavy atom. The molecule has 2 rings (SSSR count). The van der Waals surface area contributed by atoms with Crippen molar-refractivity contribution in [2.75, 3.05) is 19.6 Å². The number of ether oxygens (including phenoxy) is 2. The molecule has 0 atom stereocenters. The number of hydrogen-bond donors (Lipinski definition) is 2. The molecule has 1 aromatic rings. The lowest BCUT2D eigenvalue weighted by Crippen LogP contribution is -1.99. The monoisotopic (exact) mass is 192 g/mol. The number of hydrogen-bond acceptors (Lipinski definition) is 4. The molecule has 0 aromatic heterocycles. The quantitative estimate of drug-likeness (QED) is 0.690. The summed E-state index contributed by atoms with van der Waals surface area (Å²) in [7, 11) is 1.61. The van der Waals surface area contributed by atoms with Gasteiger partial charge in [0.2, 0.25) is 0 Å². The third-order valence-corrected chi connectivity index (χ3v) is 2.04. The van der Waals surface area contributed by atoms with Crippen LogP contribution in [0.2, 0.25) is 0 Å². The first kappa shape index (κ1) is 8.74. The van der Waals surface area contributed by atoms with Crippen LogP contribution in [-0.2, 0) is 4.74 Å². The Kier molecular flexibility index (Phi) is 2.18. The van der Waals surface area contributed by atoms with E-state index in [9.17, 15) is 0 Å². The van der Waals surface area contributed by atoms with Crippen LogP contribution >= 0.6 is 0 Å².